The maximum atomic E-state index is 13.9. The molecule has 2 amide bonds. The number of likely N-dealkylation sites (tertiary alicyclic amines) is 1. The van der Waals surface area contributed by atoms with Gasteiger partial charge in [-0.25, -0.2) is 0 Å². The highest BCUT2D eigenvalue weighted by atomic mass is 16.5. The SMILES string of the molecule is CCC(C)(CC)C(CC1C(=O)N(C2CCCCC2)C(=O)C1C(C)C(=O)OC)c1ccccc1. The normalized spacial score (nSPS) is 24.1. The van der Waals surface area contributed by atoms with Gasteiger partial charge in [-0.3, -0.25) is 19.3 Å². The van der Waals surface area contributed by atoms with Crippen molar-refractivity contribution in [3.8, 4) is 0 Å². The maximum absolute atomic E-state index is 13.9. The minimum atomic E-state index is -0.656. The highest BCUT2D eigenvalue weighted by Crippen LogP contribution is 2.49. The van der Waals surface area contributed by atoms with Crippen molar-refractivity contribution in [2.75, 3.05) is 7.11 Å². The number of imide groups is 1. The highest BCUT2D eigenvalue weighted by molar-refractivity contribution is 6.07. The third kappa shape index (κ3) is 5.02. The van der Waals surface area contributed by atoms with Gasteiger partial charge in [0.05, 0.1) is 24.9 Å². The highest BCUT2D eigenvalue weighted by Gasteiger charge is 2.54. The van der Waals surface area contributed by atoms with Gasteiger partial charge in [0.1, 0.15) is 0 Å². The van der Waals surface area contributed by atoms with Crippen LogP contribution in [0.4, 0.5) is 0 Å². The summed E-state index contributed by atoms with van der Waals surface area (Å²) >= 11 is 0. The molecule has 4 atom stereocenters. The second-order valence-corrected chi connectivity index (χ2v) is 10.3. The zero-order valence-corrected chi connectivity index (χ0v) is 21.0. The van der Waals surface area contributed by atoms with Crippen LogP contribution in [0.2, 0.25) is 0 Å². The topological polar surface area (TPSA) is 63.7 Å². The van der Waals surface area contributed by atoms with Gasteiger partial charge in [0.2, 0.25) is 11.8 Å². The molecule has 4 unspecified atom stereocenters. The number of esters is 1. The number of nitrogens with zero attached hydrogens (tertiary/aromatic N) is 1. The summed E-state index contributed by atoms with van der Waals surface area (Å²) in [6.45, 7) is 8.42. The van der Waals surface area contributed by atoms with Crippen LogP contribution in [0.25, 0.3) is 0 Å². The standard InChI is InChI=1S/C28H41NO4/c1-6-28(4,7-2)23(20-14-10-8-11-15-20)18-22-24(19(3)27(32)33-5)26(31)29(25(22)30)21-16-12-9-13-17-21/h8,10-11,14-15,19,21-24H,6-7,9,12-13,16-18H2,1-5H3. The molecule has 182 valence electrons. The summed E-state index contributed by atoms with van der Waals surface area (Å²) in [6.07, 6.45) is 7.49. The van der Waals surface area contributed by atoms with Gasteiger partial charge >= 0.3 is 5.97 Å². The van der Waals surface area contributed by atoms with Crippen LogP contribution < -0.4 is 0 Å². The lowest BCUT2D eigenvalue weighted by Crippen LogP contribution is -2.42. The fraction of sp³-hybridized carbons (Fsp3) is 0.679. The Morgan fingerprint density at radius 1 is 1.06 bits per heavy atom. The summed E-state index contributed by atoms with van der Waals surface area (Å²) < 4.78 is 5.02. The number of benzene rings is 1. The largest absolute Gasteiger partial charge is 0.469 e. The average molecular weight is 456 g/mol. The monoisotopic (exact) mass is 455 g/mol. The number of methoxy groups -OCH3 is 1. The molecule has 0 bridgehead atoms. The maximum Gasteiger partial charge on any atom is 0.309 e. The Bertz CT molecular complexity index is 826. The van der Waals surface area contributed by atoms with E-state index in [2.05, 4.69) is 32.9 Å². The molecule has 1 aromatic rings. The molecule has 1 aromatic carbocycles. The van der Waals surface area contributed by atoms with Crippen LogP contribution in [0.5, 0.6) is 0 Å². The third-order valence-electron chi connectivity index (χ3n) is 8.71. The van der Waals surface area contributed by atoms with E-state index in [0.29, 0.717) is 6.42 Å². The Balaban J connectivity index is 2.02. The van der Waals surface area contributed by atoms with Crippen molar-refractivity contribution in [3.63, 3.8) is 0 Å². The fourth-order valence-electron chi connectivity index (χ4n) is 6.12. The van der Waals surface area contributed by atoms with Gasteiger partial charge in [-0.2, -0.15) is 0 Å². The zero-order valence-electron chi connectivity index (χ0n) is 21.0. The van der Waals surface area contributed by atoms with Crippen LogP contribution in [0.3, 0.4) is 0 Å². The Hall–Kier alpha value is -2.17. The summed E-state index contributed by atoms with van der Waals surface area (Å²) in [7, 11) is 1.35. The van der Waals surface area contributed by atoms with Crippen LogP contribution in [-0.4, -0.2) is 35.8 Å². The molecule has 1 saturated carbocycles. The number of hydrogen-bond donors (Lipinski definition) is 0. The van der Waals surface area contributed by atoms with Crippen molar-refractivity contribution in [2.45, 2.75) is 91.0 Å². The molecule has 0 spiro atoms. The van der Waals surface area contributed by atoms with E-state index in [1.165, 1.54) is 12.7 Å². The molecule has 1 aliphatic carbocycles. The summed E-state index contributed by atoms with van der Waals surface area (Å²) in [4.78, 5) is 41.6. The molecular weight excluding hydrogens is 414 g/mol. The van der Waals surface area contributed by atoms with Gasteiger partial charge in [0, 0.05) is 6.04 Å². The first kappa shape index (κ1) is 25.5. The minimum Gasteiger partial charge on any atom is -0.469 e. The van der Waals surface area contributed by atoms with Crippen LogP contribution in [-0.2, 0) is 19.1 Å². The van der Waals surface area contributed by atoms with Gasteiger partial charge < -0.3 is 4.74 Å². The van der Waals surface area contributed by atoms with E-state index in [-0.39, 0.29) is 29.2 Å². The van der Waals surface area contributed by atoms with Crippen molar-refractivity contribution in [2.24, 2.45) is 23.2 Å². The van der Waals surface area contributed by atoms with Gasteiger partial charge in [-0.15, -0.1) is 0 Å². The molecule has 0 N–H and O–H groups in total. The van der Waals surface area contributed by atoms with Gasteiger partial charge in [-0.1, -0.05) is 90.1 Å². The summed E-state index contributed by atoms with van der Waals surface area (Å²) in [5.41, 5.74) is 1.19. The lowest BCUT2D eigenvalue weighted by Gasteiger charge is -2.39. The van der Waals surface area contributed by atoms with E-state index in [1.54, 1.807) is 11.8 Å². The summed E-state index contributed by atoms with van der Waals surface area (Å²) in [5, 5.41) is 0. The summed E-state index contributed by atoms with van der Waals surface area (Å²) in [5.74, 6) is -2.35. The van der Waals surface area contributed by atoms with E-state index < -0.39 is 23.7 Å². The molecule has 33 heavy (non-hydrogen) atoms. The number of ether oxygens (including phenoxy) is 1. The van der Waals surface area contributed by atoms with Crippen LogP contribution in [0.15, 0.2) is 30.3 Å². The Labute approximate surface area is 199 Å². The van der Waals surface area contributed by atoms with Crippen LogP contribution in [0, 0.1) is 23.2 Å². The third-order valence-corrected chi connectivity index (χ3v) is 8.71. The Kier molecular flexibility index (Phi) is 8.36. The van der Waals surface area contributed by atoms with E-state index in [9.17, 15) is 14.4 Å². The number of amides is 2. The molecule has 0 radical (unpaired) electrons. The zero-order chi connectivity index (χ0) is 24.2. The number of carbonyl (C=O) groups excluding carboxylic acids is 3. The molecular formula is C28H41NO4. The molecule has 0 aromatic heterocycles. The second-order valence-electron chi connectivity index (χ2n) is 10.3. The molecule has 5 nitrogen and oxygen atoms in total. The fourth-order valence-corrected chi connectivity index (χ4v) is 6.12. The second kappa shape index (κ2) is 10.8. The van der Waals surface area contributed by atoms with Crippen molar-refractivity contribution in [3.05, 3.63) is 35.9 Å². The van der Waals surface area contributed by atoms with Gasteiger partial charge in [0.25, 0.3) is 0 Å². The summed E-state index contributed by atoms with van der Waals surface area (Å²) in [6, 6.07) is 10.3. The molecule has 1 heterocycles. The molecule has 1 aliphatic heterocycles. The van der Waals surface area contributed by atoms with Crippen LogP contribution in [0.1, 0.15) is 90.5 Å². The molecule has 2 fully saturated rings. The van der Waals surface area contributed by atoms with Gasteiger partial charge in [-0.05, 0) is 36.2 Å². The van der Waals surface area contributed by atoms with Crippen molar-refractivity contribution < 1.29 is 19.1 Å². The van der Waals surface area contributed by atoms with Crippen molar-refractivity contribution in [1.29, 1.82) is 0 Å². The predicted octanol–water partition coefficient (Wildman–Crippen LogP) is 5.73. The van der Waals surface area contributed by atoms with Gasteiger partial charge in [0.15, 0.2) is 0 Å². The van der Waals surface area contributed by atoms with E-state index >= 15 is 0 Å². The predicted molar refractivity (Wildman–Crippen MR) is 129 cm³/mol. The molecule has 2 aliphatic rings. The molecule has 1 saturated heterocycles. The molecule has 5 heteroatoms. The van der Waals surface area contributed by atoms with E-state index in [0.717, 1.165) is 44.9 Å². The average Bonchev–Trinajstić information content (AvgIpc) is 3.10. The lowest BCUT2D eigenvalue weighted by molar-refractivity contribution is -0.151. The smallest absolute Gasteiger partial charge is 0.309 e. The van der Waals surface area contributed by atoms with Crippen molar-refractivity contribution in [1.82, 2.24) is 4.90 Å². The lowest BCUT2D eigenvalue weighted by atomic mass is 9.65. The first-order valence-electron chi connectivity index (χ1n) is 12.8. The Morgan fingerprint density at radius 3 is 2.21 bits per heavy atom. The number of hydrogen-bond acceptors (Lipinski definition) is 4. The number of carbonyl (C=O) groups is 3. The minimum absolute atomic E-state index is 0.0119. The quantitative estimate of drug-likeness (QED) is 0.352. The first-order valence-corrected chi connectivity index (χ1v) is 12.8. The van der Waals surface area contributed by atoms with E-state index in [4.69, 9.17) is 4.74 Å². The first-order chi connectivity index (χ1) is 15.8. The molecule has 3 rings (SSSR count). The Morgan fingerprint density at radius 2 is 1.67 bits per heavy atom. The number of rotatable bonds is 9. The van der Waals surface area contributed by atoms with Crippen molar-refractivity contribution >= 4 is 17.8 Å². The van der Waals surface area contributed by atoms with Crippen LogP contribution >= 0.6 is 0 Å². The van der Waals surface area contributed by atoms with E-state index in [1.807, 2.05) is 18.2 Å².